The van der Waals surface area contributed by atoms with E-state index in [0.717, 1.165) is 11.8 Å². The van der Waals surface area contributed by atoms with Gasteiger partial charge in [0.25, 0.3) is 0 Å². The second-order valence-electron chi connectivity index (χ2n) is 6.21. The van der Waals surface area contributed by atoms with Crippen LogP contribution in [0.1, 0.15) is 23.7 Å². The maximum absolute atomic E-state index is 13.0. The molecule has 1 aromatic carbocycles. The molecule has 28 heavy (non-hydrogen) atoms. The number of aromatic nitrogens is 1. The first-order valence-corrected chi connectivity index (χ1v) is 9.67. The Morgan fingerprint density at radius 2 is 1.89 bits per heavy atom. The molecule has 0 aliphatic heterocycles. The van der Waals surface area contributed by atoms with Crippen LogP contribution in [-0.2, 0) is 20.8 Å². The molecule has 1 atom stereocenters. The van der Waals surface area contributed by atoms with E-state index in [0.29, 0.717) is 6.07 Å². The van der Waals surface area contributed by atoms with Crippen LogP contribution in [0.5, 0.6) is 0 Å². The van der Waals surface area contributed by atoms with E-state index in [-0.39, 0.29) is 10.6 Å². The molecule has 0 aliphatic rings. The number of benzene rings is 1. The molecule has 2 aromatic rings. The highest BCUT2D eigenvalue weighted by atomic mass is 32.2. The molecule has 1 aromatic heterocycles. The highest BCUT2D eigenvalue weighted by Crippen LogP contribution is 2.32. The van der Waals surface area contributed by atoms with Crippen LogP contribution in [0, 0.1) is 24.2 Å². The van der Waals surface area contributed by atoms with Crippen LogP contribution in [0.25, 0.3) is 0 Å². The van der Waals surface area contributed by atoms with Crippen molar-refractivity contribution in [2.45, 2.75) is 24.9 Å². The Morgan fingerprint density at radius 1 is 1.29 bits per heavy atom. The average Bonchev–Trinajstić information content (AvgIpc) is 2.60. The lowest BCUT2D eigenvalue weighted by atomic mass is 10.1. The normalized spacial score (nSPS) is 12.9. The van der Waals surface area contributed by atoms with E-state index in [1.165, 1.54) is 25.1 Å². The van der Waals surface area contributed by atoms with E-state index in [1.807, 2.05) is 0 Å². The third-order valence-electron chi connectivity index (χ3n) is 3.86. The summed E-state index contributed by atoms with van der Waals surface area (Å²) in [6.07, 6.45) is -3.91. The molecule has 0 radical (unpaired) electrons. The fourth-order valence-corrected chi connectivity index (χ4v) is 3.90. The number of anilines is 1. The molecule has 2 rings (SSSR count). The number of nitrogens with zero attached hydrogens (tertiary/aromatic N) is 2. The van der Waals surface area contributed by atoms with Gasteiger partial charge in [-0.1, -0.05) is 24.6 Å². The second-order valence-corrected chi connectivity index (χ2v) is 8.25. The largest absolute Gasteiger partial charge is 0.419 e. The quantitative estimate of drug-likeness (QED) is 0.814. The second kappa shape index (κ2) is 7.98. The van der Waals surface area contributed by atoms with Crippen LogP contribution in [-0.4, -0.2) is 25.1 Å². The summed E-state index contributed by atoms with van der Waals surface area (Å²) in [5.41, 5.74) is -1.51. The Labute approximate surface area is 159 Å². The number of carbonyl (C=O) groups excluding carboxylic acids is 1. The summed E-state index contributed by atoms with van der Waals surface area (Å²) < 4.78 is 63.7. The zero-order valence-electron chi connectivity index (χ0n) is 14.9. The van der Waals surface area contributed by atoms with Gasteiger partial charge in [-0.15, -0.1) is 0 Å². The number of nitriles is 1. The molecule has 148 valence electrons. The van der Waals surface area contributed by atoms with E-state index in [9.17, 15) is 26.4 Å². The summed E-state index contributed by atoms with van der Waals surface area (Å²) in [5, 5.41) is 10.9. The van der Waals surface area contributed by atoms with E-state index in [1.54, 1.807) is 19.1 Å². The predicted molar refractivity (Wildman–Crippen MR) is 95.0 cm³/mol. The van der Waals surface area contributed by atoms with Crippen LogP contribution in [0.3, 0.4) is 0 Å². The van der Waals surface area contributed by atoms with Crippen molar-refractivity contribution >= 4 is 21.4 Å². The van der Waals surface area contributed by atoms with Gasteiger partial charge in [0.15, 0.2) is 15.5 Å². The Kier molecular flexibility index (Phi) is 6.09. The van der Waals surface area contributed by atoms with Crippen LogP contribution < -0.4 is 5.32 Å². The zero-order valence-corrected chi connectivity index (χ0v) is 15.7. The van der Waals surface area contributed by atoms with Gasteiger partial charge in [-0.25, -0.2) is 13.4 Å². The molecule has 10 heteroatoms. The summed E-state index contributed by atoms with van der Waals surface area (Å²) in [4.78, 5) is 15.7. The van der Waals surface area contributed by atoms with E-state index < -0.39 is 44.8 Å². The number of hydrogen-bond acceptors (Lipinski definition) is 5. The number of sulfone groups is 1. The summed E-state index contributed by atoms with van der Waals surface area (Å²) in [6, 6.07) is 8.02. The minimum Gasteiger partial charge on any atom is -0.324 e. The number of aryl methyl sites for hydroxylation is 1. The smallest absolute Gasteiger partial charge is 0.324 e. The molecule has 1 amide bonds. The van der Waals surface area contributed by atoms with Crippen molar-refractivity contribution in [3.05, 3.63) is 53.3 Å². The van der Waals surface area contributed by atoms with Crippen molar-refractivity contribution < 1.29 is 26.4 Å². The van der Waals surface area contributed by atoms with Crippen molar-refractivity contribution in [1.29, 1.82) is 5.26 Å². The Morgan fingerprint density at radius 3 is 2.43 bits per heavy atom. The molecule has 1 unspecified atom stereocenters. The molecule has 1 N–H and O–H groups in total. The minimum atomic E-state index is -4.82. The third kappa shape index (κ3) is 5.07. The molecule has 0 aliphatic carbocycles. The first-order valence-electron chi connectivity index (χ1n) is 8.01. The predicted octanol–water partition coefficient (Wildman–Crippen LogP) is 3.33. The van der Waals surface area contributed by atoms with Gasteiger partial charge in [0.05, 0.1) is 28.1 Å². The number of nitrogens with one attached hydrogen (secondary N) is 1. The van der Waals surface area contributed by atoms with Crippen LogP contribution >= 0.6 is 0 Å². The Balaban J connectivity index is 2.16. The molecule has 0 saturated carbocycles. The lowest BCUT2D eigenvalue weighted by molar-refractivity contribution is -0.138. The van der Waals surface area contributed by atoms with Crippen molar-refractivity contribution in [3.63, 3.8) is 0 Å². The molecule has 6 nitrogen and oxygen atoms in total. The maximum atomic E-state index is 13.0. The van der Waals surface area contributed by atoms with E-state index in [2.05, 4.69) is 10.3 Å². The molecular formula is C18H16F3N3O3S. The van der Waals surface area contributed by atoms with Crippen LogP contribution in [0.15, 0.2) is 41.4 Å². The van der Waals surface area contributed by atoms with Crippen LogP contribution in [0.4, 0.5) is 18.9 Å². The average molecular weight is 411 g/mol. The third-order valence-corrected chi connectivity index (χ3v) is 5.79. The number of halogens is 3. The standard InChI is InChI=1S/C18H16F3N3O3S/c1-11-3-5-14(6-4-11)28(26,27)10-12(2)17(25)24-13-7-15(18(19,20)21)16(8-22)23-9-13/h3-7,9,12H,10H2,1-2H3,(H,24,25). The summed E-state index contributed by atoms with van der Waals surface area (Å²) in [5.74, 6) is -2.33. The van der Waals surface area contributed by atoms with Gasteiger partial charge in [0, 0.05) is 5.92 Å². The molecule has 0 spiro atoms. The molecular weight excluding hydrogens is 395 g/mol. The lowest BCUT2D eigenvalue weighted by Crippen LogP contribution is -2.27. The minimum absolute atomic E-state index is 0.0529. The highest BCUT2D eigenvalue weighted by molar-refractivity contribution is 7.91. The molecule has 0 saturated heterocycles. The summed E-state index contributed by atoms with van der Waals surface area (Å²) in [6.45, 7) is 3.15. The first-order chi connectivity index (χ1) is 12.9. The van der Waals surface area contributed by atoms with E-state index in [4.69, 9.17) is 5.26 Å². The van der Waals surface area contributed by atoms with Crippen molar-refractivity contribution in [2.75, 3.05) is 11.1 Å². The highest BCUT2D eigenvalue weighted by Gasteiger charge is 2.35. The van der Waals surface area contributed by atoms with Gasteiger partial charge in [-0.3, -0.25) is 4.79 Å². The number of pyridine rings is 1. The monoisotopic (exact) mass is 411 g/mol. The molecule has 1 heterocycles. The molecule has 0 bridgehead atoms. The van der Waals surface area contributed by atoms with Gasteiger partial charge in [0.2, 0.25) is 5.91 Å². The van der Waals surface area contributed by atoms with Crippen molar-refractivity contribution in [1.82, 2.24) is 4.98 Å². The Hall–Kier alpha value is -2.93. The van der Waals surface area contributed by atoms with Crippen molar-refractivity contribution in [3.8, 4) is 6.07 Å². The van der Waals surface area contributed by atoms with Gasteiger partial charge in [0.1, 0.15) is 6.07 Å². The zero-order chi connectivity index (χ0) is 21.1. The lowest BCUT2D eigenvalue weighted by Gasteiger charge is -2.14. The van der Waals surface area contributed by atoms with Crippen LogP contribution in [0.2, 0.25) is 0 Å². The fraction of sp³-hybridized carbons (Fsp3) is 0.278. The number of rotatable bonds is 5. The number of amides is 1. The van der Waals surface area contributed by atoms with Gasteiger partial charge in [-0.2, -0.15) is 18.4 Å². The topological polar surface area (TPSA) is 99.9 Å². The number of carbonyl (C=O) groups is 1. The summed E-state index contributed by atoms with van der Waals surface area (Å²) in [7, 11) is -3.76. The first kappa shape index (κ1) is 21.4. The Bertz CT molecular complexity index is 1030. The fourth-order valence-electron chi connectivity index (χ4n) is 2.35. The SMILES string of the molecule is Cc1ccc(S(=O)(=O)CC(C)C(=O)Nc2cnc(C#N)c(C(F)(F)F)c2)cc1. The van der Waals surface area contributed by atoms with E-state index >= 15 is 0 Å². The summed E-state index contributed by atoms with van der Waals surface area (Å²) >= 11 is 0. The van der Waals surface area contributed by atoms with Gasteiger partial charge >= 0.3 is 6.18 Å². The van der Waals surface area contributed by atoms with Gasteiger partial charge < -0.3 is 5.32 Å². The van der Waals surface area contributed by atoms with Crippen molar-refractivity contribution in [2.24, 2.45) is 5.92 Å². The number of alkyl halides is 3. The molecule has 0 fully saturated rings. The van der Waals surface area contributed by atoms with Gasteiger partial charge in [-0.05, 0) is 25.1 Å². The maximum Gasteiger partial charge on any atom is 0.419 e. The number of hydrogen-bond donors (Lipinski definition) is 1.